The minimum absolute atomic E-state index is 0.121. The van der Waals surface area contributed by atoms with Gasteiger partial charge >= 0.3 is 12.0 Å². The summed E-state index contributed by atoms with van der Waals surface area (Å²) in [6, 6.07) is -0.627. The van der Waals surface area contributed by atoms with Crippen LogP contribution in [0.4, 0.5) is 13.6 Å². The minimum atomic E-state index is -2.58. The summed E-state index contributed by atoms with van der Waals surface area (Å²) in [6.07, 6.45) is -2.89. The molecule has 0 aliphatic carbocycles. The summed E-state index contributed by atoms with van der Waals surface area (Å²) >= 11 is 0. The van der Waals surface area contributed by atoms with Crippen LogP contribution in [0.15, 0.2) is 0 Å². The number of halogens is 2. The van der Waals surface area contributed by atoms with E-state index in [9.17, 15) is 18.4 Å². The largest absolute Gasteiger partial charge is 0.479 e. The maximum absolute atomic E-state index is 12.0. The van der Waals surface area contributed by atoms with Gasteiger partial charge in [-0.3, -0.25) is 0 Å². The van der Waals surface area contributed by atoms with E-state index < -0.39 is 31.1 Å². The van der Waals surface area contributed by atoms with Gasteiger partial charge in [-0.05, 0) is 12.8 Å². The standard InChI is InChI=1S/C10H16F2N2O4/c1-14(5-8(11)12)10(17)13-4-6-2-3-7(18-6)9(15)16/h6-8H,2-5H2,1H3,(H,13,17)(H,15,16). The summed E-state index contributed by atoms with van der Waals surface area (Å²) < 4.78 is 29.2. The Morgan fingerprint density at radius 2 is 2.17 bits per heavy atom. The summed E-state index contributed by atoms with van der Waals surface area (Å²) in [5, 5.41) is 11.1. The number of ether oxygens (including phenoxy) is 1. The molecule has 1 aliphatic rings. The second-order valence-corrected chi connectivity index (χ2v) is 4.12. The number of carbonyl (C=O) groups is 2. The first-order valence-corrected chi connectivity index (χ1v) is 5.55. The number of nitrogens with zero attached hydrogens (tertiary/aromatic N) is 1. The zero-order valence-corrected chi connectivity index (χ0v) is 9.94. The van der Waals surface area contributed by atoms with Crippen molar-refractivity contribution in [2.24, 2.45) is 0 Å². The van der Waals surface area contributed by atoms with Crippen LogP contribution in [-0.4, -0.2) is 60.8 Å². The Morgan fingerprint density at radius 3 is 2.67 bits per heavy atom. The first-order chi connectivity index (χ1) is 8.40. The van der Waals surface area contributed by atoms with Gasteiger partial charge in [0.05, 0.1) is 12.6 Å². The van der Waals surface area contributed by atoms with Crippen molar-refractivity contribution in [3.63, 3.8) is 0 Å². The van der Waals surface area contributed by atoms with E-state index in [0.717, 1.165) is 4.90 Å². The van der Waals surface area contributed by atoms with Crippen molar-refractivity contribution in [2.75, 3.05) is 20.1 Å². The highest BCUT2D eigenvalue weighted by Crippen LogP contribution is 2.19. The lowest BCUT2D eigenvalue weighted by Crippen LogP contribution is -2.42. The second kappa shape index (κ2) is 6.48. The summed E-state index contributed by atoms with van der Waals surface area (Å²) in [4.78, 5) is 22.8. The predicted octanol–water partition coefficient (Wildman–Crippen LogP) is 0.525. The Kier molecular flexibility index (Phi) is 5.26. The Hall–Kier alpha value is -1.44. The van der Waals surface area contributed by atoms with E-state index in [4.69, 9.17) is 9.84 Å². The summed E-state index contributed by atoms with van der Waals surface area (Å²) in [5.74, 6) is -1.03. The highest BCUT2D eigenvalue weighted by molar-refractivity contribution is 5.74. The van der Waals surface area contributed by atoms with Gasteiger partial charge in [-0.1, -0.05) is 0 Å². The Bertz CT molecular complexity index is 314. The third kappa shape index (κ3) is 4.44. The van der Waals surface area contributed by atoms with E-state index >= 15 is 0 Å². The van der Waals surface area contributed by atoms with Gasteiger partial charge < -0.3 is 20.1 Å². The molecule has 1 fully saturated rings. The van der Waals surface area contributed by atoms with Crippen molar-refractivity contribution in [3.05, 3.63) is 0 Å². The number of carboxylic acid groups (broad SMARTS) is 1. The summed E-state index contributed by atoms with van der Waals surface area (Å²) in [7, 11) is 1.26. The molecule has 18 heavy (non-hydrogen) atoms. The van der Waals surface area contributed by atoms with Crippen LogP contribution in [0, 0.1) is 0 Å². The smallest absolute Gasteiger partial charge is 0.332 e. The lowest BCUT2D eigenvalue weighted by atomic mass is 10.2. The number of hydrogen-bond acceptors (Lipinski definition) is 3. The number of carbonyl (C=O) groups excluding carboxylic acids is 1. The first kappa shape index (κ1) is 14.6. The topological polar surface area (TPSA) is 78.9 Å². The second-order valence-electron chi connectivity index (χ2n) is 4.12. The lowest BCUT2D eigenvalue weighted by molar-refractivity contribution is -0.149. The van der Waals surface area contributed by atoms with Crippen LogP contribution in [-0.2, 0) is 9.53 Å². The van der Waals surface area contributed by atoms with Crippen LogP contribution in [0.2, 0.25) is 0 Å². The van der Waals surface area contributed by atoms with Crippen LogP contribution >= 0.6 is 0 Å². The normalized spacial score (nSPS) is 23.1. The molecule has 0 bridgehead atoms. The molecule has 0 aromatic carbocycles. The molecule has 1 saturated heterocycles. The molecule has 8 heteroatoms. The van der Waals surface area contributed by atoms with Crippen molar-refractivity contribution in [1.29, 1.82) is 0 Å². The van der Waals surface area contributed by atoms with E-state index in [1.807, 2.05) is 0 Å². The SMILES string of the molecule is CN(CC(F)F)C(=O)NCC1CCC(C(=O)O)O1. The molecule has 1 rings (SSSR count). The third-order valence-electron chi connectivity index (χ3n) is 2.62. The average molecular weight is 266 g/mol. The first-order valence-electron chi connectivity index (χ1n) is 5.55. The van der Waals surface area contributed by atoms with Gasteiger partial charge in [0.2, 0.25) is 0 Å². The van der Waals surface area contributed by atoms with E-state index in [1.54, 1.807) is 0 Å². The van der Waals surface area contributed by atoms with Crippen molar-refractivity contribution < 1.29 is 28.2 Å². The van der Waals surface area contributed by atoms with Gasteiger partial charge in [-0.2, -0.15) is 0 Å². The number of rotatable bonds is 5. The molecule has 0 aromatic rings. The van der Waals surface area contributed by atoms with E-state index in [1.165, 1.54) is 7.05 Å². The Labute approximate surface area is 103 Å². The maximum atomic E-state index is 12.0. The molecule has 0 radical (unpaired) electrons. The molecule has 104 valence electrons. The highest BCUT2D eigenvalue weighted by atomic mass is 19.3. The third-order valence-corrected chi connectivity index (χ3v) is 2.62. The zero-order chi connectivity index (χ0) is 13.7. The minimum Gasteiger partial charge on any atom is -0.479 e. The van der Waals surface area contributed by atoms with Crippen molar-refractivity contribution in [3.8, 4) is 0 Å². The molecule has 1 heterocycles. The molecule has 1 aliphatic heterocycles. The molecule has 2 atom stereocenters. The molecule has 0 aromatic heterocycles. The summed E-state index contributed by atoms with van der Waals surface area (Å²) in [6.45, 7) is -0.523. The molecular formula is C10H16F2N2O4. The van der Waals surface area contributed by atoms with Gasteiger partial charge in [-0.15, -0.1) is 0 Å². The fourth-order valence-corrected chi connectivity index (χ4v) is 1.66. The van der Waals surface area contributed by atoms with Crippen LogP contribution in [0.25, 0.3) is 0 Å². The number of urea groups is 1. The zero-order valence-electron chi connectivity index (χ0n) is 9.94. The molecule has 2 amide bonds. The van der Waals surface area contributed by atoms with Crippen LogP contribution in [0.3, 0.4) is 0 Å². The van der Waals surface area contributed by atoms with Crippen LogP contribution in [0.1, 0.15) is 12.8 Å². The van der Waals surface area contributed by atoms with Gasteiger partial charge in [0.15, 0.2) is 6.10 Å². The van der Waals surface area contributed by atoms with E-state index in [-0.39, 0.29) is 12.6 Å². The average Bonchev–Trinajstić information content (AvgIpc) is 2.73. The van der Waals surface area contributed by atoms with Gasteiger partial charge in [0, 0.05) is 13.6 Å². The quantitative estimate of drug-likeness (QED) is 0.760. The highest BCUT2D eigenvalue weighted by Gasteiger charge is 2.30. The predicted molar refractivity (Wildman–Crippen MR) is 57.6 cm³/mol. The molecule has 2 unspecified atom stereocenters. The van der Waals surface area contributed by atoms with E-state index in [0.29, 0.717) is 12.8 Å². The Balaban J connectivity index is 2.25. The molecule has 0 spiro atoms. The molecule has 0 saturated carbocycles. The lowest BCUT2D eigenvalue weighted by Gasteiger charge is -2.19. The number of amides is 2. The number of nitrogens with one attached hydrogen (secondary N) is 1. The maximum Gasteiger partial charge on any atom is 0.332 e. The fourth-order valence-electron chi connectivity index (χ4n) is 1.66. The molecule has 2 N–H and O–H groups in total. The molecule has 6 nitrogen and oxygen atoms in total. The fraction of sp³-hybridized carbons (Fsp3) is 0.800. The number of hydrogen-bond donors (Lipinski definition) is 2. The number of carboxylic acids is 1. The van der Waals surface area contributed by atoms with Crippen molar-refractivity contribution in [2.45, 2.75) is 31.5 Å². The van der Waals surface area contributed by atoms with Gasteiger partial charge in [0.1, 0.15) is 0 Å². The monoisotopic (exact) mass is 266 g/mol. The molecular weight excluding hydrogens is 250 g/mol. The van der Waals surface area contributed by atoms with Crippen LogP contribution < -0.4 is 5.32 Å². The van der Waals surface area contributed by atoms with Gasteiger partial charge in [0.25, 0.3) is 6.43 Å². The van der Waals surface area contributed by atoms with E-state index in [2.05, 4.69) is 5.32 Å². The van der Waals surface area contributed by atoms with Crippen molar-refractivity contribution >= 4 is 12.0 Å². The van der Waals surface area contributed by atoms with Gasteiger partial charge in [-0.25, -0.2) is 18.4 Å². The number of aliphatic carboxylic acids is 1. The Morgan fingerprint density at radius 1 is 1.50 bits per heavy atom. The number of alkyl halides is 2. The summed E-state index contributed by atoms with van der Waals surface area (Å²) in [5.41, 5.74) is 0. The van der Waals surface area contributed by atoms with Crippen LogP contribution in [0.5, 0.6) is 0 Å². The van der Waals surface area contributed by atoms with Crippen molar-refractivity contribution in [1.82, 2.24) is 10.2 Å².